The number of hydrogen-bond donors (Lipinski definition) is 1. The van der Waals surface area contributed by atoms with Crippen molar-refractivity contribution in [3.8, 4) is 0 Å². The van der Waals surface area contributed by atoms with Crippen LogP contribution >= 0.6 is 11.5 Å². The van der Waals surface area contributed by atoms with E-state index >= 15 is 0 Å². The topological polar surface area (TPSA) is 49.2 Å². The Hall–Kier alpha value is -0.680. The first-order chi connectivity index (χ1) is 7.07. The van der Waals surface area contributed by atoms with Gasteiger partial charge in [0.25, 0.3) is 0 Å². The molecule has 0 bridgehead atoms. The van der Waals surface area contributed by atoms with Crippen molar-refractivity contribution < 1.29 is 5.11 Å². The zero-order valence-electron chi connectivity index (χ0n) is 9.23. The van der Waals surface area contributed by atoms with E-state index in [0.717, 1.165) is 43.3 Å². The van der Waals surface area contributed by atoms with Crippen LogP contribution in [0.5, 0.6) is 0 Å². The zero-order chi connectivity index (χ0) is 10.9. The predicted molar refractivity (Wildman–Crippen MR) is 61.3 cm³/mol. The quantitative estimate of drug-likeness (QED) is 0.791. The van der Waals surface area contributed by atoms with E-state index in [9.17, 15) is 5.11 Å². The van der Waals surface area contributed by atoms with Crippen LogP contribution in [0.15, 0.2) is 0 Å². The average Bonchev–Trinajstić information content (AvgIpc) is 2.49. The van der Waals surface area contributed by atoms with Gasteiger partial charge in [-0.3, -0.25) is 0 Å². The van der Waals surface area contributed by atoms with Gasteiger partial charge >= 0.3 is 0 Å². The molecule has 0 saturated carbocycles. The fourth-order valence-corrected chi connectivity index (χ4v) is 2.59. The number of nitrogens with zero attached hydrogens (tertiary/aromatic N) is 3. The fourth-order valence-electron chi connectivity index (χ4n) is 1.87. The van der Waals surface area contributed by atoms with Gasteiger partial charge in [-0.05, 0) is 33.1 Å². The zero-order valence-corrected chi connectivity index (χ0v) is 10.0. The van der Waals surface area contributed by atoms with Crippen molar-refractivity contribution in [1.82, 2.24) is 9.36 Å². The molecule has 15 heavy (non-hydrogen) atoms. The second-order valence-corrected chi connectivity index (χ2v) is 5.19. The molecule has 2 heterocycles. The summed E-state index contributed by atoms with van der Waals surface area (Å²) in [5, 5.41) is 11.0. The third-order valence-corrected chi connectivity index (χ3v) is 3.72. The SMILES string of the molecule is Cc1nsc(N2CCCC(C)(O)CC2)n1. The lowest BCUT2D eigenvalue weighted by atomic mass is 9.98. The molecule has 1 N–H and O–H groups in total. The van der Waals surface area contributed by atoms with Gasteiger partial charge in [-0.1, -0.05) is 0 Å². The molecular weight excluding hydrogens is 210 g/mol. The Morgan fingerprint density at radius 3 is 2.87 bits per heavy atom. The molecule has 1 aliphatic rings. The van der Waals surface area contributed by atoms with Gasteiger partial charge in [-0.15, -0.1) is 0 Å². The van der Waals surface area contributed by atoms with Crippen LogP contribution in [-0.4, -0.2) is 33.2 Å². The van der Waals surface area contributed by atoms with Gasteiger partial charge in [0.05, 0.1) is 5.60 Å². The lowest BCUT2D eigenvalue weighted by Gasteiger charge is -2.21. The number of rotatable bonds is 1. The molecule has 1 saturated heterocycles. The van der Waals surface area contributed by atoms with E-state index in [0.29, 0.717) is 0 Å². The van der Waals surface area contributed by atoms with Crippen LogP contribution in [0, 0.1) is 6.92 Å². The maximum Gasteiger partial charge on any atom is 0.205 e. The van der Waals surface area contributed by atoms with Crippen LogP contribution < -0.4 is 4.90 Å². The summed E-state index contributed by atoms with van der Waals surface area (Å²) in [7, 11) is 0. The molecule has 2 rings (SSSR count). The highest BCUT2D eigenvalue weighted by atomic mass is 32.1. The van der Waals surface area contributed by atoms with E-state index in [2.05, 4.69) is 14.3 Å². The van der Waals surface area contributed by atoms with Crippen molar-refractivity contribution in [2.24, 2.45) is 0 Å². The smallest absolute Gasteiger partial charge is 0.205 e. The molecule has 5 heteroatoms. The van der Waals surface area contributed by atoms with E-state index < -0.39 is 5.60 Å². The van der Waals surface area contributed by atoms with Crippen LogP contribution in [0.1, 0.15) is 32.0 Å². The normalized spacial score (nSPS) is 27.8. The molecule has 1 aromatic heterocycles. The minimum absolute atomic E-state index is 0.505. The summed E-state index contributed by atoms with van der Waals surface area (Å²) in [6, 6.07) is 0. The van der Waals surface area contributed by atoms with Crippen LogP contribution in [0.3, 0.4) is 0 Å². The Morgan fingerprint density at radius 1 is 1.40 bits per heavy atom. The maximum atomic E-state index is 9.97. The van der Waals surface area contributed by atoms with Crippen molar-refractivity contribution >= 4 is 16.7 Å². The molecule has 4 nitrogen and oxygen atoms in total. The van der Waals surface area contributed by atoms with Crippen LogP contribution in [0.25, 0.3) is 0 Å². The Morgan fingerprint density at radius 2 is 2.20 bits per heavy atom. The molecule has 0 aromatic carbocycles. The van der Waals surface area contributed by atoms with Gasteiger partial charge in [0.15, 0.2) is 0 Å². The second kappa shape index (κ2) is 4.06. The molecule has 84 valence electrons. The van der Waals surface area contributed by atoms with E-state index in [1.807, 2.05) is 13.8 Å². The number of hydrogen-bond acceptors (Lipinski definition) is 5. The molecule has 1 aliphatic heterocycles. The standard InChI is InChI=1S/C10H17N3OS/c1-8-11-9(15-12-8)13-6-3-4-10(2,14)5-7-13/h14H,3-7H2,1-2H3. The molecule has 1 fully saturated rings. The molecule has 1 aromatic rings. The van der Waals surface area contributed by atoms with E-state index in [1.54, 1.807) is 0 Å². The van der Waals surface area contributed by atoms with Crippen molar-refractivity contribution in [3.05, 3.63) is 5.82 Å². The highest BCUT2D eigenvalue weighted by Gasteiger charge is 2.26. The highest BCUT2D eigenvalue weighted by molar-refractivity contribution is 7.09. The molecule has 1 unspecified atom stereocenters. The first kappa shape index (κ1) is 10.8. The van der Waals surface area contributed by atoms with Crippen molar-refractivity contribution in [2.75, 3.05) is 18.0 Å². The van der Waals surface area contributed by atoms with Crippen LogP contribution in [0.2, 0.25) is 0 Å². The summed E-state index contributed by atoms with van der Waals surface area (Å²) in [5.74, 6) is 0.839. The van der Waals surface area contributed by atoms with Crippen molar-refractivity contribution in [1.29, 1.82) is 0 Å². The monoisotopic (exact) mass is 227 g/mol. The Labute approximate surface area is 94.1 Å². The summed E-state index contributed by atoms with van der Waals surface area (Å²) in [6.45, 7) is 5.68. The molecule has 0 amide bonds. The van der Waals surface area contributed by atoms with Crippen molar-refractivity contribution in [2.45, 2.75) is 38.7 Å². The average molecular weight is 227 g/mol. The minimum Gasteiger partial charge on any atom is -0.390 e. The Balaban J connectivity index is 2.05. The summed E-state index contributed by atoms with van der Waals surface area (Å²) in [6.07, 6.45) is 2.71. The third kappa shape index (κ3) is 2.66. The lowest BCUT2D eigenvalue weighted by molar-refractivity contribution is 0.0481. The summed E-state index contributed by atoms with van der Waals surface area (Å²) in [4.78, 5) is 6.60. The molecule has 0 spiro atoms. The van der Waals surface area contributed by atoms with Gasteiger partial charge in [0.1, 0.15) is 5.82 Å². The number of aryl methyl sites for hydroxylation is 1. The first-order valence-electron chi connectivity index (χ1n) is 5.34. The summed E-state index contributed by atoms with van der Waals surface area (Å²) < 4.78 is 4.19. The first-order valence-corrected chi connectivity index (χ1v) is 6.12. The van der Waals surface area contributed by atoms with Gasteiger partial charge in [0.2, 0.25) is 5.13 Å². The predicted octanol–water partition coefficient (Wildman–Crippen LogP) is 1.59. The highest BCUT2D eigenvalue weighted by Crippen LogP contribution is 2.25. The molecule has 0 radical (unpaired) electrons. The minimum atomic E-state index is -0.505. The second-order valence-electron chi connectivity index (χ2n) is 4.46. The van der Waals surface area contributed by atoms with E-state index in [-0.39, 0.29) is 0 Å². The summed E-state index contributed by atoms with van der Waals surface area (Å²) >= 11 is 1.45. The molecule has 1 atom stereocenters. The van der Waals surface area contributed by atoms with Gasteiger partial charge in [-0.2, -0.15) is 4.37 Å². The maximum absolute atomic E-state index is 9.97. The lowest BCUT2D eigenvalue weighted by Crippen LogP contribution is -2.28. The molecular formula is C10H17N3OS. The molecule has 0 aliphatic carbocycles. The van der Waals surface area contributed by atoms with Gasteiger partial charge < -0.3 is 10.0 Å². The fraction of sp³-hybridized carbons (Fsp3) is 0.800. The van der Waals surface area contributed by atoms with E-state index in [1.165, 1.54) is 11.5 Å². The Kier molecular flexibility index (Phi) is 2.93. The third-order valence-electron chi connectivity index (χ3n) is 2.85. The number of aliphatic hydroxyl groups is 1. The van der Waals surface area contributed by atoms with Gasteiger partial charge in [0, 0.05) is 24.6 Å². The largest absolute Gasteiger partial charge is 0.390 e. The number of aromatic nitrogens is 2. The van der Waals surface area contributed by atoms with Crippen LogP contribution in [0.4, 0.5) is 5.13 Å². The number of anilines is 1. The Bertz CT molecular complexity index is 337. The van der Waals surface area contributed by atoms with E-state index in [4.69, 9.17) is 0 Å². The van der Waals surface area contributed by atoms with Gasteiger partial charge in [-0.25, -0.2) is 4.98 Å². The summed E-state index contributed by atoms with van der Waals surface area (Å²) in [5.41, 5.74) is -0.505. The van der Waals surface area contributed by atoms with Crippen LogP contribution in [-0.2, 0) is 0 Å². The van der Waals surface area contributed by atoms with Crippen molar-refractivity contribution in [3.63, 3.8) is 0 Å².